The van der Waals surface area contributed by atoms with Gasteiger partial charge < -0.3 is 4.90 Å². The lowest BCUT2D eigenvalue weighted by molar-refractivity contribution is -0.132. The van der Waals surface area contributed by atoms with Gasteiger partial charge >= 0.3 is 0 Å². The van der Waals surface area contributed by atoms with Gasteiger partial charge in [-0.2, -0.15) is 4.72 Å². The van der Waals surface area contributed by atoms with Gasteiger partial charge in [0.05, 0.1) is 10.9 Å². The van der Waals surface area contributed by atoms with E-state index in [9.17, 15) is 13.2 Å². The first-order valence-electron chi connectivity index (χ1n) is 9.92. The van der Waals surface area contributed by atoms with Crippen LogP contribution in [0, 0.1) is 6.92 Å². The van der Waals surface area contributed by atoms with Crippen LogP contribution in [0.2, 0.25) is 13.1 Å². The van der Waals surface area contributed by atoms with Crippen LogP contribution in [0.1, 0.15) is 25.8 Å². The van der Waals surface area contributed by atoms with Gasteiger partial charge in [0.2, 0.25) is 15.9 Å². The van der Waals surface area contributed by atoms with E-state index < -0.39 is 24.1 Å². The lowest BCUT2D eigenvalue weighted by Gasteiger charge is -2.40. The Kier molecular flexibility index (Phi) is 7.43. The van der Waals surface area contributed by atoms with Crippen molar-refractivity contribution >= 4 is 29.2 Å². The van der Waals surface area contributed by atoms with Crippen LogP contribution in [-0.2, 0) is 14.8 Å². The summed E-state index contributed by atoms with van der Waals surface area (Å²) in [5.41, 5.74) is 1.04. The minimum absolute atomic E-state index is 0.0590. The average molecular weight is 433 g/mol. The van der Waals surface area contributed by atoms with Gasteiger partial charge in [0.25, 0.3) is 0 Å². The number of sulfonamides is 1. The quantitative estimate of drug-likeness (QED) is 0.652. The van der Waals surface area contributed by atoms with E-state index in [1.807, 2.05) is 25.1 Å². The Morgan fingerprint density at radius 2 is 1.62 bits per heavy atom. The standard InChI is InChI=1S/C22H32N2O3SSi/c1-7-21(29(5,6)20-11-9-8-10-12-20)24(4)22(25)18(3)23-28(26,27)19-15-13-17(2)14-16-19/h8-16,18,21,23H,7H2,1-6H3/t18-,21?/m1/s1. The van der Waals surface area contributed by atoms with Crippen molar-refractivity contribution in [3.05, 3.63) is 60.2 Å². The average Bonchev–Trinajstić information content (AvgIpc) is 2.68. The summed E-state index contributed by atoms with van der Waals surface area (Å²) >= 11 is 0. The lowest BCUT2D eigenvalue weighted by Crippen LogP contribution is -2.62. The molecule has 2 aromatic carbocycles. The zero-order chi connectivity index (χ0) is 21.8. The summed E-state index contributed by atoms with van der Waals surface area (Å²) in [4.78, 5) is 15.0. The molecule has 1 N–H and O–H groups in total. The maximum atomic E-state index is 13.1. The fourth-order valence-corrected chi connectivity index (χ4v) is 8.61. The number of amides is 1. The zero-order valence-corrected chi connectivity index (χ0v) is 20.0. The van der Waals surface area contributed by atoms with E-state index >= 15 is 0 Å². The van der Waals surface area contributed by atoms with Crippen molar-refractivity contribution in [3.8, 4) is 0 Å². The number of hydrogen-bond acceptors (Lipinski definition) is 3. The van der Waals surface area contributed by atoms with E-state index in [1.165, 1.54) is 5.19 Å². The van der Waals surface area contributed by atoms with Crippen LogP contribution in [0.25, 0.3) is 0 Å². The maximum absolute atomic E-state index is 13.1. The number of likely N-dealkylation sites (N-methyl/N-ethyl adjacent to an activating group) is 1. The van der Waals surface area contributed by atoms with Crippen LogP contribution in [0.15, 0.2) is 59.5 Å². The monoisotopic (exact) mass is 432 g/mol. The van der Waals surface area contributed by atoms with Crippen LogP contribution < -0.4 is 9.91 Å². The van der Waals surface area contributed by atoms with Crippen LogP contribution >= 0.6 is 0 Å². The van der Waals surface area contributed by atoms with Crippen LogP contribution in [0.4, 0.5) is 0 Å². The number of hydrogen-bond donors (Lipinski definition) is 1. The first kappa shape index (κ1) is 23.3. The highest BCUT2D eigenvalue weighted by Crippen LogP contribution is 2.19. The third-order valence-corrected chi connectivity index (χ3v) is 11.4. The fraction of sp³-hybridized carbons (Fsp3) is 0.409. The number of benzene rings is 2. The number of carbonyl (C=O) groups is 1. The number of carbonyl (C=O) groups excluding carboxylic acids is 1. The first-order valence-corrected chi connectivity index (χ1v) is 14.5. The highest BCUT2D eigenvalue weighted by Gasteiger charge is 2.38. The number of aryl methyl sites for hydroxylation is 1. The largest absolute Gasteiger partial charge is 0.344 e. The van der Waals surface area contributed by atoms with E-state index in [-0.39, 0.29) is 16.5 Å². The molecule has 1 amide bonds. The smallest absolute Gasteiger partial charge is 0.241 e. The number of nitrogens with one attached hydrogen (secondary N) is 1. The molecule has 5 nitrogen and oxygen atoms in total. The summed E-state index contributed by atoms with van der Waals surface area (Å²) in [5.74, 6) is -0.218. The van der Waals surface area contributed by atoms with Crippen LogP contribution in [0.3, 0.4) is 0 Å². The van der Waals surface area contributed by atoms with Crippen molar-refractivity contribution in [2.75, 3.05) is 7.05 Å². The minimum Gasteiger partial charge on any atom is -0.344 e. The maximum Gasteiger partial charge on any atom is 0.241 e. The molecule has 0 fully saturated rings. The van der Waals surface area contributed by atoms with Gasteiger partial charge in [0, 0.05) is 12.7 Å². The molecule has 1 unspecified atom stereocenters. The molecule has 0 aromatic heterocycles. The second-order valence-corrected chi connectivity index (χ2v) is 14.5. The molecule has 2 atom stereocenters. The van der Waals surface area contributed by atoms with E-state index in [0.717, 1.165) is 12.0 Å². The third-order valence-electron chi connectivity index (χ3n) is 5.59. The molecule has 7 heteroatoms. The molecule has 0 spiro atoms. The summed E-state index contributed by atoms with van der Waals surface area (Å²) in [7, 11) is -3.96. The molecule has 0 aliphatic rings. The molecular formula is C22H32N2O3SSi. The van der Waals surface area contributed by atoms with Crippen molar-refractivity contribution in [3.63, 3.8) is 0 Å². The molecule has 2 aromatic rings. The topological polar surface area (TPSA) is 66.5 Å². The lowest BCUT2D eigenvalue weighted by atomic mass is 10.2. The van der Waals surface area contributed by atoms with Gasteiger partial charge in [-0.25, -0.2) is 8.42 Å². The molecular weight excluding hydrogens is 400 g/mol. The summed E-state index contributed by atoms with van der Waals surface area (Å²) < 4.78 is 27.9. The predicted molar refractivity (Wildman–Crippen MR) is 121 cm³/mol. The summed E-state index contributed by atoms with van der Waals surface area (Å²) in [6, 6.07) is 16.0. The molecule has 0 bridgehead atoms. The highest BCUT2D eigenvalue weighted by molar-refractivity contribution is 7.89. The summed E-state index contributed by atoms with van der Waals surface area (Å²) in [5, 5.41) is 1.28. The number of nitrogens with zero attached hydrogens (tertiary/aromatic N) is 1. The van der Waals surface area contributed by atoms with Gasteiger partial charge in [-0.3, -0.25) is 4.79 Å². The fourth-order valence-electron chi connectivity index (χ4n) is 3.86. The third kappa shape index (κ3) is 5.35. The first-order chi connectivity index (χ1) is 13.5. The van der Waals surface area contributed by atoms with Gasteiger partial charge in [0.1, 0.15) is 8.07 Å². The second kappa shape index (κ2) is 9.24. The molecule has 0 heterocycles. The zero-order valence-electron chi connectivity index (χ0n) is 18.1. The van der Waals surface area contributed by atoms with Crippen molar-refractivity contribution in [2.45, 2.75) is 56.9 Å². The molecule has 0 saturated heterocycles. The number of rotatable bonds is 8. The molecule has 0 saturated carbocycles. The predicted octanol–water partition coefficient (Wildman–Crippen LogP) is 3.05. The Labute approximate surface area is 176 Å². The molecule has 0 aliphatic carbocycles. The van der Waals surface area contributed by atoms with Crippen molar-refractivity contribution < 1.29 is 13.2 Å². The Hall–Kier alpha value is -1.96. The Bertz CT molecular complexity index is 928. The van der Waals surface area contributed by atoms with Gasteiger partial charge in [-0.1, -0.05) is 73.2 Å². The molecule has 2 rings (SSSR count). The Morgan fingerprint density at radius 3 is 2.14 bits per heavy atom. The SMILES string of the molecule is CCC(N(C)C(=O)[C@@H](C)NS(=O)(=O)c1ccc(C)cc1)[Si](C)(C)c1ccccc1. The Balaban J connectivity index is 2.19. The van der Waals surface area contributed by atoms with Gasteiger partial charge in [0.15, 0.2) is 0 Å². The highest BCUT2D eigenvalue weighted by atomic mass is 32.2. The molecule has 158 valence electrons. The van der Waals surface area contributed by atoms with Crippen molar-refractivity contribution in [1.29, 1.82) is 0 Å². The van der Waals surface area contributed by atoms with Crippen LogP contribution in [-0.4, -0.2) is 46.1 Å². The summed E-state index contributed by atoms with van der Waals surface area (Å²) in [6.45, 7) is 10.1. The second-order valence-electron chi connectivity index (χ2n) is 8.12. The van der Waals surface area contributed by atoms with E-state index in [2.05, 4.69) is 36.9 Å². The van der Waals surface area contributed by atoms with E-state index in [4.69, 9.17) is 0 Å². The molecule has 0 aliphatic heterocycles. The van der Waals surface area contributed by atoms with Gasteiger partial charge in [-0.05, 0) is 32.4 Å². The van der Waals surface area contributed by atoms with Gasteiger partial charge in [-0.15, -0.1) is 0 Å². The normalized spacial score (nSPS) is 14.3. The summed E-state index contributed by atoms with van der Waals surface area (Å²) in [6.07, 6.45) is 0.813. The van der Waals surface area contributed by atoms with Crippen LogP contribution in [0.5, 0.6) is 0 Å². The minimum atomic E-state index is -3.76. The van der Waals surface area contributed by atoms with Crippen molar-refractivity contribution in [2.24, 2.45) is 0 Å². The Morgan fingerprint density at radius 1 is 1.07 bits per heavy atom. The van der Waals surface area contributed by atoms with Crippen molar-refractivity contribution in [1.82, 2.24) is 9.62 Å². The van der Waals surface area contributed by atoms with E-state index in [1.54, 1.807) is 43.1 Å². The molecule has 0 radical (unpaired) electrons. The van der Waals surface area contributed by atoms with E-state index in [0.29, 0.717) is 0 Å². The molecule has 29 heavy (non-hydrogen) atoms.